The minimum absolute atomic E-state index is 0.127. The topological polar surface area (TPSA) is 95.9 Å². The minimum atomic E-state index is -1.09. The molecule has 0 saturated heterocycles. The molecule has 2 atom stereocenters. The van der Waals surface area contributed by atoms with Gasteiger partial charge in [0.1, 0.15) is 24.4 Å². The number of carboxylic acids is 2. The highest BCUT2D eigenvalue weighted by atomic mass is 35.5. The standard InChI is InChI=1S/C22H26ClNO5/c1-14(2)10-19(21(25)26)24-20(22(27)28)12-16-4-3-5-18(11-16)29-13-15-6-8-17(23)9-7-15/h3-9,11,14,19-20,24H,10,12-13H2,1-2H3,(H,25,26)(H,27,28)/t19-,20?/m0/s1. The average Bonchev–Trinajstić information content (AvgIpc) is 2.66. The van der Waals surface area contributed by atoms with Crippen LogP contribution in [0.5, 0.6) is 5.75 Å². The van der Waals surface area contributed by atoms with Crippen molar-refractivity contribution in [2.75, 3.05) is 0 Å². The molecule has 0 heterocycles. The number of benzene rings is 2. The first-order valence-electron chi connectivity index (χ1n) is 9.42. The van der Waals surface area contributed by atoms with E-state index in [1.165, 1.54) is 0 Å². The van der Waals surface area contributed by atoms with E-state index in [0.29, 0.717) is 23.8 Å². The average molecular weight is 420 g/mol. The van der Waals surface area contributed by atoms with E-state index >= 15 is 0 Å². The molecule has 0 amide bonds. The van der Waals surface area contributed by atoms with Crippen LogP contribution < -0.4 is 10.1 Å². The van der Waals surface area contributed by atoms with E-state index in [9.17, 15) is 19.8 Å². The largest absolute Gasteiger partial charge is 0.489 e. The van der Waals surface area contributed by atoms with Crippen LogP contribution in [-0.4, -0.2) is 34.2 Å². The molecule has 0 saturated carbocycles. The van der Waals surface area contributed by atoms with E-state index in [-0.39, 0.29) is 12.3 Å². The smallest absolute Gasteiger partial charge is 0.321 e. The monoisotopic (exact) mass is 419 g/mol. The third-order valence-corrected chi connectivity index (χ3v) is 4.61. The van der Waals surface area contributed by atoms with Gasteiger partial charge in [-0.2, -0.15) is 0 Å². The fourth-order valence-corrected chi connectivity index (χ4v) is 3.04. The number of hydrogen-bond acceptors (Lipinski definition) is 4. The summed E-state index contributed by atoms with van der Waals surface area (Å²) in [7, 11) is 0. The first-order chi connectivity index (χ1) is 13.7. The third kappa shape index (κ3) is 7.75. The van der Waals surface area contributed by atoms with Crippen LogP contribution in [0.25, 0.3) is 0 Å². The molecule has 0 bridgehead atoms. The second-order valence-electron chi connectivity index (χ2n) is 7.34. The van der Waals surface area contributed by atoms with Gasteiger partial charge in [-0.15, -0.1) is 0 Å². The lowest BCUT2D eigenvalue weighted by molar-refractivity contribution is -0.142. The van der Waals surface area contributed by atoms with Crippen molar-refractivity contribution in [2.24, 2.45) is 5.92 Å². The quantitative estimate of drug-likeness (QED) is 0.509. The fourth-order valence-electron chi connectivity index (χ4n) is 2.92. The van der Waals surface area contributed by atoms with Crippen LogP contribution in [0.1, 0.15) is 31.4 Å². The highest BCUT2D eigenvalue weighted by Crippen LogP contribution is 2.18. The Morgan fingerprint density at radius 1 is 1.00 bits per heavy atom. The van der Waals surface area contributed by atoms with Crippen LogP contribution in [0.2, 0.25) is 5.02 Å². The molecule has 0 fully saturated rings. The van der Waals surface area contributed by atoms with E-state index in [0.717, 1.165) is 11.1 Å². The van der Waals surface area contributed by atoms with Crippen molar-refractivity contribution in [1.29, 1.82) is 0 Å². The molecule has 1 unspecified atom stereocenters. The van der Waals surface area contributed by atoms with E-state index in [4.69, 9.17) is 16.3 Å². The maximum Gasteiger partial charge on any atom is 0.321 e. The van der Waals surface area contributed by atoms with Crippen molar-refractivity contribution in [1.82, 2.24) is 5.32 Å². The molecular formula is C22H26ClNO5. The molecule has 0 aromatic heterocycles. The van der Waals surface area contributed by atoms with Crippen LogP contribution in [0.4, 0.5) is 0 Å². The summed E-state index contributed by atoms with van der Waals surface area (Å²) in [5.41, 5.74) is 1.70. The van der Waals surface area contributed by atoms with Gasteiger partial charge in [-0.1, -0.05) is 49.7 Å². The first kappa shape index (κ1) is 22.7. The predicted molar refractivity (Wildman–Crippen MR) is 111 cm³/mol. The molecule has 0 aliphatic rings. The van der Waals surface area contributed by atoms with E-state index in [1.54, 1.807) is 36.4 Å². The number of rotatable bonds is 11. The van der Waals surface area contributed by atoms with Gasteiger partial charge in [-0.3, -0.25) is 14.9 Å². The lowest BCUT2D eigenvalue weighted by atomic mass is 10.0. The van der Waals surface area contributed by atoms with Gasteiger partial charge >= 0.3 is 11.9 Å². The molecule has 0 aliphatic carbocycles. The van der Waals surface area contributed by atoms with Crippen LogP contribution in [0, 0.1) is 5.92 Å². The van der Waals surface area contributed by atoms with Gasteiger partial charge in [0.05, 0.1) is 0 Å². The van der Waals surface area contributed by atoms with Gasteiger partial charge in [0.15, 0.2) is 0 Å². The summed E-state index contributed by atoms with van der Waals surface area (Å²) in [6.07, 6.45) is 0.499. The summed E-state index contributed by atoms with van der Waals surface area (Å²) in [6.45, 7) is 4.15. The SMILES string of the molecule is CC(C)C[C@H](NC(Cc1cccc(OCc2ccc(Cl)cc2)c1)C(=O)O)C(=O)O. The first-order valence-corrected chi connectivity index (χ1v) is 9.80. The summed E-state index contributed by atoms with van der Waals surface area (Å²) in [5, 5.41) is 22.3. The summed E-state index contributed by atoms with van der Waals surface area (Å²) >= 11 is 5.88. The molecular weight excluding hydrogens is 394 g/mol. The Hall–Kier alpha value is -2.57. The molecule has 2 aromatic rings. The molecule has 0 aliphatic heterocycles. The van der Waals surface area contributed by atoms with Gasteiger partial charge < -0.3 is 14.9 Å². The zero-order chi connectivity index (χ0) is 21.4. The lowest BCUT2D eigenvalue weighted by Gasteiger charge is -2.22. The Kier molecular flexibility index (Phi) is 8.49. The zero-order valence-electron chi connectivity index (χ0n) is 16.5. The molecule has 0 spiro atoms. The summed E-state index contributed by atoms with van der Waals surface area (Å²) < 4.78 is 5.78. The Labute approximate surface area is 175 Å². The van der Waals surface area contributed by atoms with Gasteiger partial charge in [0.2, 0.25) is 0 Å². The van der Waals surface area contributed by atoms with Gasteiger partial charge in [-0.05, 0) is 54.2 Å². The van der Waals surface area contributed by atoms with Crippen molar-refractivity contribution >= 4 is 23.5 Å². The molecule has 2 rings (SSSR count). The summed E-state index contributed by atoms with van der Waals surface area (Å²) in [4.78, 5) is 23.1. The Bertz CT molecular complexity index is 822. The maximum absolute atomic E-state index is 11.7. The van der Waals surface area contributed by atoms with Crippen molar-refractivity contribution in [3.05, 3.63) is 64.7 Å². The molecule has 2 aromatic carbocycles. The van der Waals surface area contributed by atoms with Crippen molar-refractivity contribution < 1.29 is 24.5 Å². The number of nitrogens with one attached hydrogen (secondary N) is 1. The highest BCUT2D eigenvalue weighted by Gasteiger charge is 2.26. The molecule has 29 heavy (non-hydrogen) atoms. The Morgan fingerprint density at radius 3 is 2.24 bits per heavy atom. The maximum atomic E-state index is 11.7. The van der Waals surface area contributed by atoms with Crippen LogP contribution in [0.3, 0.4) is 0 Å². The lowest BCUT2D eigenvalue weighted by Crippen LogP contribution is -2.48. The third-order valence-electron chi connectivity index (χ3n) is 4.36. The second kappa shape index (κ2) is 10.8. The van der Waals surface area contributed by atoms with Gasteiger partial charge in [-0.25, -0.2) is 0 Å². The highest BCUT2D eigenvalue weighted by molar-refractivity contribution is 6.30. The predicted octanol–water partition coefficient (Wildman–Crippen LogP) is 4.00. The van der Waals surface area contributed by atoms with E-state index in [1.807, 2.05) is 26.0 Å². The van der Waals surface area contributed by atoms with E-state index in [2.05, 4.69) is 5.32 Å². The fraction of sp³-hybridized carbons (Fsp3) is 0.364. The van der Waals surface area contributed by atoms with Crippen LogP contribution in [0.15, 0.2) is 48.5 Å². The zero-order valence-corrected chi connectivity index (χ0v) is 17.2. The number of aliphatic carboxylic acids is 2. The van der Waals surface area contributed by atoms with Gasteiger partial charge in [0, 0.05) is 5.02 Å². The number of carboxylic acid groups (broad SMARTS) is 2. The number of ether oxygens (including phenoxy) is 1. The Morgan fingerprint density at radius 2 is 1.66 bits per heavy atom. The molecule has 6 nitrogen and oxygen atoms in total. The molecule has 0 radical (unpaired) electrons. The summed E-state index contributed by atoms with van der Waals surface area (Å²) in [6, 6.07) is 12.5. The van der Waals surface area contributed by atoms with E-state index < -0.39 is 24.0 Å². The number of carbonyl (C=O) groups is 2. The Balaban J connectivity index is 2.04. The second-order valence-corrected chi connectivity index (χ2v) is 7.78. The molecule has 156 valence electrons. The molecule has 7 heteroatoms. The van der Waals surface area contributed by atoms with Gasteiger partial charge in [0.25, 0.3) is 0 Å². The minimum Gasteiger partial charge on any atom is -0.489 e. The number of halogens is 1. The van der Waals surface area contributed by atoms with Crippen LogP contribution in [-0.2, 0) is 22.6 Å². The number of hydrogen-bond donors (Lipinski definition) is 3. The normalized spacial score (nSPS) is 13.1. The molecule has 3 N–H and O–H groups in total. The summed E-state index contributed by atoms with van der Waals surface area (Å²) in [5.74, 6) is -1.40. The van der Waals surface area contributed by atoms with Crippen molar-refractivity contribution in [3.63, 3.8) is 0 Å². The van der Waals surface area contributed by atoms with Crippen molar-refractivity contribution in [3.8, 4) is 5.75 Å². The van der Waals surface area contributed by atoms with Crippen LogP contribution >= 0.6 is 11.6 Å². The van der Waals surface area contributed by atoms with Crippen molar-refractivity contribution in [2.45, 2.75) is 45.4 Å².